The van der Waals surface area contributed by atoms with Crippen LogP contribution >= 0.6 is 23.1 Å². The smallest absolute Gasteiger partial charge is 0.239 e. The zero-order chi connectivity index (χ0) is 13.9. The maximum absolute atomic E-state index is 12.0. The number of hydrogen-bond acceptors (Lipinski definition) is 5. The molecular formula is C13H13N3O2S2. The van der Waals surface area contributed by atoms with Gasteiger partial charge in [0.25, 0.3) is 0 Å². The third kappa shape index (κ3) is 2.94. The molecule has 0 saturated carbocycles. The largest absolute Gasteiger partial charge is 0.353 e. The number of amides is 2. The molecule has 1 fully saturated rings. The van der Waals surface area contributed by atoms with Crippen molar-refractivity contribution in [2.75, 3.05) is 25.4 Å². The number of para-hydroxylation sites is 1. The summed E-state index contributed by atoms with van der Waals surface area (Å²) in [6, 6.07) is 7.92. The maximum atomic E-state index is 12.0. The van der Waals surface area contributed by atoms with E-state index in [0.29, 0.717) is 18.8 Å². The van der Waals surface area contributed by atoms with Crippen LogP contribution in [0.4, 0.5) is 0 Å². The van der Waals surface area contributed by atoms with E-state index in [-0.39, 0.29) is 18.4 Å². The lowest BCUT2D eigenvalue weighted by molar-refractivity contribution is -0.136. The van der Waals surface area contributed by atoms with Crippen LogP contribution in [0.25, 0.3) is 10.2 Å². The fourth-order valence-corrected chi connectivity index (χ4v) is 3.95. The lowest BCUT2D eigenvalue weighted by Crippen LogP contribution is -2.50. The van der Waals surface area contributed by atoms with Crippen LogP contribution in [0.2, 0.25) is 0 Å². The van der Waals surface area contributed by atoms with Crippen molar-refractivity contribution in [3.05, 3.63) is 24.3 Å². The summed E-state index contributed by atoms with van der Waals surface area (Å²) in [6.07, 6.45) is 0. The van der Waals surface area contributed by atoms with Crippen LogP contribution in [-0.4, -0.2) is 47.1 Å². The van der Waals surface area contributed by atoms with Crippen molar-refractivity contribution in [3.8, 4) is 0 Å². The molecule has 0 spiro atoms. The van der Waals surface area contributed by atoms with Gasteiger partial charge in [-0.1, -0.05) is 23.9 Å². The lowest BCUT2D eigenvalue weighted by atomic mass is 10.3. The van der Waals surface area contributed by atoms with Gasteiger partial charge in [-0.25, -0.2) is 4.98 Å². The van der Waals surface area contributed by atoms with E-state index in [9.17, 15) is 9.59 Å². The van der Waals surface area contributed by atoms with E-state index in [1.807, 2.05) is 24.3 Å². The molecule has 1 aromatic carbocycles. The van der Waals surface area contributed by atoms with Crippen molar-refractivity contribution in [2.45, 2.75) is 4.34 Å². The maximum Gasteiger partial charge on any atom is 0.239 e. The number of carbonyl (C=O) groups is 2. The van der Waals surface area contributed by atoms with Crippen molar-refractivity contribution in [2.24, 2.45) is 0 Å². The number of aromatic nitrogens is 1. The van der Waals surface area contributed by atoms with E-state index in [2.05, 4.69) is 10.3 Å². The van der Waals surface area contributed by atoms with Gasteiger partial charge in [0, 0.05) is 13.1 Å². The summed E-state index contributed by atoms with van der Waals surface area (Å²) in [4.78, 5) is 29.4. The number of benzene rings is 1. The average molecular weight is 307 g/mol. The molecule has 0 unspecified atom stereocenters. The predicted molar refractivity (Wildman–Crippen MR) is 79.9 cm³/mol. The first-order valence-electron chi connectivity index (χ1n) is 6.25. The van der Waals surface area contributed by atoms with Gasteiger partial charge in [0.1, 0.15) is 0 Å². The molecule has 0 aliphatic carbocycles. The van der Waals surface area contributed by atoms with Crippen molar-refractivity contribution in [1.82, 2.24) is 15.2 Å². The fraction of sp³-hybridized carbons (Fsp3) is 0.308. The normalized spacial score (nSPS) is 15.4. The number of carbonyl (C=O) groups excluding carboxylic acids is 2. The third-order valence-electron chi connectivity index (χ3n) is 2.98. The highest BCUT2D eigenvalue weighted by atomic mass is 32.2. The molecule has 1 aliphatic rings. The molecule has 2 heterocycles. The third-order valence-corrected chi connectivity index (χ3v) is 5.15. The second kappa shape index (κ2) is 5.80. The van der Waals surface area contributed by atoms with Crippen LogP contribution in [-0.2, 0) is 9.59 Å². The fourth-order valence-electron chi connectivity index (χ4n) is 1.98. The Morgan fingerprint density at radius 3 is 3.10 bits per heavy atom. The Morgan fingerprint density at radius 2 is 2.30 bits per heavy atom. The van der Waals surface area contributed by atoms with Crippen molar-refractivity contribution in [1.29, 1.82) is 0 Å². The average Bonchev–Trinajstić information content (AvgIpc) is 2.87. The van der Waals surface area contributed by atoms with Crippen LogP contribution in [0, 0.1) is 0 Å². The molecule has 2 amide bonds. The highest BCUT2D eigenvalue weighted by Crippen LogP contribution is 2.29. The standard InChI is InChI=1S/C13H13N3O2S2/c17-11-7-16(6-5-14-11)12(18)8-19-13-15-9-3-1-2-4-10(9)20-13/h1-4H,5-8H2,(H,14,17). The van der Waals surface area contributed by atoms with Crippen LogP contribution in [0.1, 0.15) is 0 Å². The quantitative estimate of drug-likeness (QED) is 0.870. The summed E-state index contributed by atoms with van der Waals surface area (Å²) in [5.41, 5.74) is 0.963. The summed E-state index contributed by atoms with van der Waals surface area (Å²) in [5, 5.41) is 2.71. The van der Waals surface area contributed by atoms with Gasteiger partial charge in [0.15, 0.2) is 4.34 Å². The number of piperazine rings is 1. The van der Waals surface area contributed by atoms with Gasteiger partial charge >= 0.3 is 0 Å². The molecule has 7 heteroatoms. The molecule has 2 aromatic rings. The van der Waals surface area contributed by atoms with Crippen molar-refractivity contribution in [3.63, 3.8) is 0 Å². The Balaban J connectivity index is 1.61. The van der Waals surface area contributed by atoms with E-state index in [4.69, 9.17) is 0 Å². The molecule has 1 aliphatic heterocycles. The van der Waals surface area contributed by atoms with E-state index >= 15 is 0 Å². The highest BCUT2D eigenvalue weighted by molar-refractivity contribution is 8.01. The van der Waals surface area contributed by atoms with Gasteiger partial charge < -0.3 is 10.2 Å². The number of hydrogen-bond donors (Lipinski definition) is 1. The number of fused-ring (bicyclic) bond motifs is 1. The second-order valence-corrected chi connectivity index (χ2v) is 6.65. The Bertz CT molecular complexity index is 623. The zero-order valence-corrected chi connectivity index (χ0v) is 12.3. The van der Waals surface area contributed by atoms with E-state index in [1.165, 1.54) is 11.8 Å². The zero-order valence-electron chi connectivity index (χ0n) is 10.7. The molecule has 20 heavy (non-hydrogen) atoms. The predicted octanol–water partition coefficient (Wildman–Crippen LogP) is 1.35. The van der Waals surface area contributed by atoms with Gasteiger partial charge in [0.05, 0.1) is 22.5 Å². The van der Waals surface area contributed by atoms with Crippen LogP contribution in [0.3, 0.4) is 0 Å². The minimum Gasteiger partial charge on any atom is -0.353 e. The minimum atomic E-state index is -0.0883. The summed E-state index contributed by atoms with van der Waals surface area (Å²) >= 11 is 3.02. The first-order chi connectivity index (χ1) is 9.72. The Labute approximate surface area is 124 Å². The molecule has 3 rings (SSSR count). The molecule has 5 nitrogen and oxygen atoms in total. The molecule has 104 valence electrons. The molecular weight excluding hydrogens is 294 g/mol. The van der Waals surface area contributed by atoms with Gasteiger partial charge in [0.2, 0.25) is 11.8 Å². The monoisotopic (exact) mass is 307 g/mol. The second-order valence-electron chi connectivity index (χ2n) is 4.40. The first kappa shape index (κ1) is 13.4. The van der Waals surface area contributed by atoms with Crippen LogP contribution in [0.5, 0.6) is 0 Å². The molecule has 1 aromatic heterocycles. The summed E-state index contributed by atoms with van der Waals surface area (Å²) in [7, 11) is 0. The molecule has 1 N–H and O–H groups in total. The summed E-state index contributed by atoms with van der Waals surface area (Å²) < 4.78 is 2.01. The van der Waals surface area contributed by atoms with E-state index in [1.54, 1.807) is 16.2 Å². The topological polar surface area (TPSA) is 62.3 Å². The molecule has 0 radical (unpaired) electrons. The number of nitrogens with zero attached hydrogens (tertiary/aromatic N) is 2. The lowest BCUT2D eigenvalue weighted by Gasteiger charge is -2.26. The van der Waals surface area contributed by atoms with E-state index in [0.717, 1.165) is 14.6 Å². The summed E-state index contributed by atoms with van der Waals surface area (Å²) in [6.45, 7) is 1.29. The number of rotatable bonds is 3. The van der Waals surface area contributed by atoms with Gasteiger partial charge in [-0.2, -0.15) is 0 Å². The van der Waals surface area contributed by atoms with Gasteiger partial charge in [-0.15, -0.1) is 11.3 Å². The van der Waals surface area contributed by atoms with Crippen molar-refractivity contribution < 1.29 is 9.59 Å². The van der Waals surface area contributed by atoms with Gasteiger partial charge in [-0.3, -0.25) is 9.59 Å². The summed E-state index contributed by atoms with van der Waals surface area (Å²) in [5.74, 6) is 0.228. The number of nitrogens with one attached hydrogen (secondary N) is 1. The van der Waals surface area contributed by atoms with Crippen molar-refractivity contribution >= 4 is 45.1 Å². The Kier molecular flexibility index (Phi) is 3.88. The number of thiazole rings is 1. The molecule has 0 bridgehead atoms. The molecule has 0 atom stereocenters. The molecule has 1 saturated heterocycles. The van der Waals surface area contributed by atoms with Crippen LogP contribution < -0.4 is 5.32 Å². The number of thioether (sulfide) groups is 1. The Morgan fingerprint density at radius 1 is 1.45 bits per heavy atom. The van der Waals surface area contributed by atoms with E-state index < -0.39 is 0 Å². The highest BCUT2D eigenvalue weighted by Gasteiger charge is 2.21. The SMILES string of the molecule is O=C1CN(C(=O)CSc2nc3ccccc3s2)CCN1. The first-order valence-corrected chi connectivity index (χ1v) is 8.05. The Hall–Kier alpha value is -1.60. The van der Waals surface area contributed by atoms with Crippen LogP contribution in [0.15, 0.2) is 28.6 Å². The minimum absolute atomic E-state index is 0.0101. The van der Waals surface area contributed by atoms with Gasteiger partial charge in [-0.05, 0) is 12.1 Å².